The zero-order valence-corrected chi connectivity index (χ0v) is 12.7. The van der Waals surface area contributed by atoms with Gasteiger partial charge < -0.3 is 15.8 Å². The van der Waals surface area contributed by atoms with Gasteiger partial charge in [-0.25, -0.2) is 0 Å². The number of anilines is 2. The topological polar surface area (TPSA) is 64.3 Å². The molecule has 0 aliphatic rings. The van der Waals surface area contributed by atoms with Crippen LogP contribution in [0.1, 0.15) is 11.1 Å². The fraction of sp³-hybridized carbons (Fsp3) is 0.188. The van der Waals surface area contributed by atoms with E-state index in [0.717, 1.165) is 11.1 Å². The second kappa shape index (κ2) is 6.50. The lowest BCUT2D eigenvalue weighted by Crippen LogP contribution is -2.20. The SMILES string of the molecule is Cc1ccc(NC(=O)COc2cc(Cl)ccc2C)cc1N. The van der Waals surface area contributed by atoms with Crippen LogP contribution < -0.4 is 15.8 Å². The molecule has 0 saturated carbocycles. The Morgan fingerprint density at radius 1 is 1.19 bits per heavy atom. The molecule has 0 aliphatic carbocycles. The number of nitrogens with two attached hydrogens (primary N) is 1. The van der Waals surface area contributed by atoms with Crippen molar-refractivity contribution in [3.63, 3.8) is 0 Å². The molecule has 21 heavy (non-hydrogen) atoms. The van der Waals surface area contributed by atoms with Crippen LogP contribution in [0.5, 0.6) is 5.75 Å². The number of carbonyl (C=O) groups is 1. The van der Waals surface area contributed by atoms with Gasteiger partial charge in [-0.05, 0) is 49.2 Å². The van der Waals surface area contributed by atoms with Crippen molar-refractivity contribution in [2.24, 2.45) is 0 Å². The van der Waals surface area contributed by atoms with E-state index in [1.807, 2.05) is 26.0 Å². The van der Waals surface area contributed by atoms with Crippen LogP contribution in [-0.4, -0.2) is 12.5 Å². The first-order chi connectivity index (χ1) is 9.95. The Bertz CT molecular complexity index is 671. The van der Waals surface area contributed by atoms with Gasteiger partial charge in [-0.15, -0.1) is 0 Å². The van der Waals surface area contributed by atoms with Crippen molar-refractivity contribution in [2.45, 2.75) is 13.8 Å². The van der Waals surface area contributed by atoms with Crippen LogP contribution >= 0.6 is 11.6 Å². The maximum Gasteiger partial charge on any atom is 0.262 e. The molecule has 4 nitrogen and oxygen atoms in total. The minimum Gasteiger partial charge on any atom is -0.483 e. The van der Waals surface area contributed by atoms with Crippen molar-refractivity contribution in [1.29, 1.82) is 0 Å². The van der Waals surface area contributed by atoms with Crippen LogP contribution in [0.4, 0.5) is 11.4 Å². The van der Waals surface area contributed by atoms with Gasteiger partial charge in [0, 0.05) is 16.4 Å². The minimum atomic E-state index is -0.252. The summed E-state index contributed by atoms with van der Waals surface area (Å²) in [5.74, 6) is 0.346. The first-order valence-electron chi connectivity index (χ1n) is 6.50. The number of nitrogen functional groups attached to an aromatic ring is 1. The van der Waals surface area contributed by atoms with E-state index in [1.54, 1.807) is 24.3 Å². The van der Waals surface area contributed by atoms with E-state index in [4.69, 9.17) is 22.1 Å². The van der Waals surface area contributed by atoms with Crippen LogP contribution in [0.3, 0.4) is 0 Å². The van der Waals surface area contributed by atoms with Gasteiger partial charge in [-0.1, -0.05) is 23.7 Å². The monoisotopic (exact) mass is 304 g/mol. The van der Waals surface area contributed by atoms with Crippen molar-refractivity contribution in [3.05, 3.63) is 52.5 Å². The number of aryl methyl sites for hydroxylation is 2. The number of hydrogen-bond acceptors (Lipinski definition) is 3. The van der Waals surface area contributed by atoms with E-state index in [1.165, 1.54) is 0 Å². The molecule has 0 atom stereocenters. The molecular formula is C16H17ClN2O2. The number of hydrogen-bond donors (Lipinski definition) is 2. The summed E-state index contributed by atoms with van der Waals surface area (Å²) in [4.78, 5) is 11.9. The van der Waals surface area contributed by atoms with Gasteiger partial charge in [0.1, 0.15) is 5.75 Å². The molecule has 5 heteroatoms. The average Bonchev–Trinajstić information content (AvgIpc) is 2.44. The molecule has 1 amide bonds. The maximum atomic E-state index is 11.9. The zero-order chi connectivity index (χ0) is 15.4. The summed E-state index contributed by atoms with van der Waals surface area (Å²) >= 11 is 5.90. The number of nitrogens with one attached hydrogen (secondary N) is 1. The van der Waals surface area contributed by atoms with E-state index in [2.05, 4.69) is 5.32 Å². The van der Waals surface area contributed by atoms with Crippen LogP contribution in [0.15, 0.2) is 36.4 Å². The Labute approximate surface area is 128 Å². The van der Waals surface area contributed by atoms with E-state index in [0.29, 0.717) is 22.1 Å². The second-order valence-electron chi connectivity index (χ2n) is 4.82. The predicted molar refractivity (Wildman–Crippen MR) is 85.9 cm³/mol. The Morgan fingerprint density at radius 3 is 2.62 bits per heavy atom. The molecule has 2 rings (SSSR count). The Kier molecular flexibility index (Phi) is 4.70. The van der Waals surface area contributed by atoms with Gasteiger partial charge in [-0.2, -0.15) is 0 Å². The van der Waals surface area contributed by atoms with E-state index in [9.17, 15) is 4.79 Å². The third-order valence-electron chi connectivity index (χ3n) is 3.07. The summed E-state index contributed by atoms with van der Waals surface area (Å²) < 4.78 is 5.48. The Hall–Kier alpha value is -2.20. The first-order valence-corrected chi connectivity index (χ1v) is 6.88. The number of ether oxygens (including phenoxy) is 1. The van der Waals surface area contributed by atoms with Gasteiger partial charge in [0.2, 0.25) is 0 Å². The molecule has 0 bridgehead atoms. The number of benzene rings is 2. The standard InChI is InChI=1S/C16H17ClN2O2/c1-10-4-6-13(8-14(10)18)19-16(20)9-21-15-7-12(17)5-3-11(15)2/h3-8H,9,18H2,1-2H3,(H,19,20). The van der Waals surface area contributed by atoms with Crippen molar-refractivity contribution in [1.82, 2.24) is 0 Å². The normalized spacial score (nSPS) is 10.2. The highest BCUT2D eigenvalue weighted by atomic mass is 35.5. The highest BCUT2D eigenvalue weighted by Gasteiger charge is 2.07. The third-order valence-corrected chi connectivity index (χ3v) is 3.31. The highest BCUT2D eigenvalue weighted by Crippen LogP contribution is 2.22. The number of halogens is 1. The van der Waals surface area contributed by atoms with Crippen LogP contribution in [0, 0.1) is 13.8 Å². The van der Waals surface area contributed by atoms with Gasteiger partial charge in [0.15, 0.2) is 6.61 Å². The molecular weight excluding hydrogens is 288 g/mol. The summed E-state index contributed by atoms with van der Waals surface area (Å²) in [6, 6.07) is 10.7. The molecule has 0 aromatic heterocycles. The summed E-state index contributed by atoms with van der Waals surface area (Å²) in [7, 11) is 0. The number of amides is 1. The second-order valence-corrected chi connectivity index (χ2v) is 5.25. The molecule has 0 saturated heterocycles. The fourth-order valence-electron chi connectivity index (χ4n) is 1.79. The minimum absolute atomic E-state index is 0.0883. The van der Waals surface area contributed by atoms with Gasteiger partial charge in [0.05, 0.1) is 0 Å². The largest absolute Gasteiger partial charge is 0.483 e. The lowest BCUT2D eigenvalue weighted by molar-refractivity contribution is -0.118. The molecule has 3 N–H and O–H groups in total. The highest BCUT2D eigenvalue weighted by molar-refractivity contribution is 6.30. The summed E-state index contributed by atoms with van der Waals surface area (Å²) in [6.07, 6.45) is 0. The van der Waals surface area contributed by atoms with E-state index < -0.39 is 0 Å². The smallest absolute Gasteiger partial charge is 0.262 e. The van der Waals surface area contributed by atoms with Gasteiger partial charge >= 0.3 is 0 Å². The molecule has 0 unspecified atom stereocenters. The Morgan fingerprint density at radius 2 is 1.90 bits per heavy atom. The molecule has 0 radical (unpaired) electrons. The fourth-order valence-corrected chi connectivity index (χ4v) is 1.95. The molecule has 2 aromatic carbocycles. The molecule has 0 heterocycles. The molecule has 110 valence electrons. The maximum absolute atomic E-state index is 11.9. The lowest BCUT2D eigenvalue weighted by atomic mass is 10.2. The number of rotatable bonds is 4. The predicted octanol–water partition coefficient (Wildman–Crippen LogP) is 3.56. The number of carbonyl (C=O) groups excluding carboxylic acids is 1. The van der Waals surface area contributed by atoms with Crippen LogP contribution in [0.25, 0.3) is 0 Å². The van der Waals surface area contributed by atoms with Crippen LogP contribution in [-0.2, 0) is 4.79 Å². The third kappa shape index (κ3) is 4.13. The van der Waals surface area contributed by atoms with Crippen molar-refractivity contribution >= 4 is 28.9 Å². The van der Waals surface area contributed by atoms with Crippen molar-refractivity contribution in [3.8, 4) is 5.75 Å². The molecule has 0 fully saturated rings. The van der Waals surface area contributed by atoms with Crippen molar-refractivity contribution in [2.75, 3.05) is 17.7 Å². The average molecular weight is 305 g/mol. The quantitative estimate of drug-likeness (QED) is 0.849. The first kappa shape index (κ1) is 15.2. The lowest BCUT2D eigenvalue weighted by Gasteiger charge is -2.10. The molecule has 0 aliphatic heterocycles. The van der Waals surface area contributed by atoms with Crippen LogP contribution in [0.2, 0.25) is 5.02 Å². The Balaban J connectivity index is 1.95. The summed E-state index contributed by atoms with van der Waals surface area (Å²) in [5, 5.41) is 3.31. The zero-order valence-electron chi connectivity index (χ0n) is 11.9. The van der Waals surface area contributed by atoms with Crippen molar-refractivity contribution < 1.29 is 9.53 Å². The summed E-state index contributed by atoms with van der Waals surface area (Å²) in [5.41, 5.74) is 8.98. The molecule has 0 spiro atoms. The van der Waals surface area contributed by atoms with E-state index in [-0.39, 0.29) is 12.5 Å². The van der Waals surface area contributed by atoms with Gasteiger partial charge in [-0.3, -0.25) is 4.79 Å². The molecule has 2 aromatic rings. The van der Waals surface area contributed by atoms with E-state index >= 15 is 0 Å². The van der Waals surface area contributed by atoms with Gasteiger partial charge in [0.25, 0.3) is 5.91 Å². The summed E-state index contributed by atoms with van der Waals surface area (Å²) in [6.45, 7) is 3.71.